The molecule has 0 aliphatic carbocycles. The van der Waals surface area contributed by atoms with E-state index in [1.54, 1.807) is 12.2 Å². The highest BCUT2D eigenvalue weighted by Crippen LogP contribution is 2.34. The number of rotatable bonds is 8. The Kier molecular flexibility index (Phi) is 7.40. The number of phenols is 1. The number of carbonyl (C=O) groups excluding carboxylic acids is 1. The number of nitriles is 1. The Morgan fingerprint density at radius 2 is 2.32 bits per heavy atom. The standard InChI is InChI=1S/C17H17N3O5/c1-3-7-12(8-4-5-11-18)19-15(17(22)25-2)13-9-6-10-14(16(13)21)20(23)24/h3-4,6-10,15,19,21H,1,5H2,2H3/b8-4-,12-7+. The lowest BCUT2D eigenvalue weighted by molar-refractivity contribution is -0.385. The third-order valence-electron chi connectivity index (χ3n) is 3.11. The van der Waals surface area contributed by atoms with E-state index >= 15 is 0 Å². The van der Waals surface area contributed by atoms with E-state index in [0.29, 0.717) is 5.70 Å². The molecule has 1 aromatic rings. The van der Waals surface area contributed by atoms with Crippen molar-refractivity contribution in [1.29, 1.82) is 5.26 Å². The molecule has 0 spiro atoms. The number of nitro benzene ring substituents is 1. The normalized spacial score (nSPS) is 12.2. The Hall–Kier alpha value is -3.60. The fourth-order valence-electron chi connectivity index (χ4n) is 1.99. The Labute approximate surface area is 144 Å². The monoisotopic (exact) mass is 343 g/mol. The molecule has 0 heterocycles. The number of aromatic hydroxyl groups is 1. The fraction of sp³-hybridized carbons (Fsp3) is 0.176. The number of methoxy groups -OCH3 is 1. The van der Waals surface area contributed by atoms with Gasteiger partial charge in [0.2, 0.25) is 0 Å². The Bertz CT molecular complexity index is 762. The van der Waals surface area contributed by atoms with Gasteiger partial charge in [-0.15, -0.1) is 0 Å². The molecule has 1 unspecified atom stereocenters. The van der Waals surface area contributed by atoms with E-state index in [9.17, 15) is 20.0 Å². The van der Waals surface area contributed by atoms with E-state index in [4.69, 9.17) is 10.00 Å². The lowest BCUT2D eigenvalue weighted by Gasteiger charge is -2.19. The molecule has 8 nitrogen and oxygen atoms in total. The van der Waals surface area contributed by atoms with Crippen LogP contribution in [-0.2, 0) is 9.53 Å². The number of ether oxygens (including phenoxy) is 1. The van der Waals surface area contributed by atoms with Crippen molar-refractivity contribution >= 4 is 11.7 Å². The van der Waals surface area contributed by atoms with E-state index in [2.05, 4.69) is 11.9 Å². The van der Waals surface area contributed by atoms with Gasteiger partial charge in [0, 0.05) is 17.3 Å². The number of esters is 1. The molecule has 0 fully saturated rings. The van der Waals surface area contributed by atoms with E-state index in [0.717, 1.165) is 13.2 Å². The van der Waals surface area contributed by atoms with E-state index in [1.165, 1.54) is 24.3 Å². The minimum absolute atomic E-state index is 0.00954. The van der Waals surface area contributed by atoms with Crippen molar-refractivity contribution in [3.8, 4) is 11.8 Å². The molecule has 0 amide bonds. The van der Waals surface area contributed by atoms with E-state index < -0.39 is 28.4 Å². The molecule has 0 radical (unpaired) electrons. The summed E-state index contributed by atoms with van der Waals surface area (Å²) in [5.74, 6) is -1.38. The molecular formula is C17H17N3O5. The van der Waals surface area contributed by atoms with Crippen molar-refractivity contribution in [2.24, 2.45) is 0 Å². The van der Waals surface area contributed by atoms with Crippen molar-refractivity contribution in [2.45, 2.75) is 12.5 Å². The molecule has 0 aliphatic rings. The first-order valence-corrected chi connectivity index (χ1v) is 7.13. The maximum atomic E-state index is 12.1. The molecule has 130 valence electrons. The lowest BCUT2D eigenvalue weighted by Crippen LogP contribution is -2.29. The average Bonchev–Trinajstić information content (AvgIpc) is 2.59. The predicted octanol–water partition coefficient (Wildman–Crippen LogP) is 2.64. The number of benzene rings is 1. The number of allylic oxidation sites excluding steroid dienone is 4. The van der Waals surface area contributed by atoms with Crippen LogP contribution >= 0.6 is 0 Å². The number of nitrogens with one attached hydrogen (secondary N) is 1. The van der Waals surface area contributed by atoms with E-state index in [-0.39, 0.29) is 12.0 Å². The molecule has 0 saturated carbocycles. The number of para-hydroxylation sites is 1. The van der Waals surface area contributed by atoms with Crippen molar-refractivity contribution < 1.29 is 19.6 Å². The van der Waals surface area contributed by atoms with Gasteiger partial charge in [-0.1, -0.05) is 30.9 Å². The molecule has 2 N–H and O–H groups in total. The quantitative estimate of drug-likeness (QED) is 0.321. The largest absolute Gasteiger partial charge is 0.502 e. The Balaban J connectivity index is 3.31. The summed E-state index contributed by atoms with van der Waals surface area (Å²) in [6, 6.07) is 4.60. The zero-order chi connectivity index (χ0) is 18.8. The topological polar surface area (TPSA) is 125 Å². The molecular weight excluding hydrogens is 326 g/mol. The number of carbonyl (C=O) groups is 1. The van der Waals surface area contributed by atoms with Crippen LogP contribution in [0, 0.1) is 21.4 Å². The van der Waals surface area contributed by atoms with Gasteiger partial charge < -0.3 is 15.2 Å². The Morgan fingerprint density at radius 3 is 2.88 bits per heavy atom. The minimum Gasteiger partial charge on any atom is -0.502 e. The SMILES string of the molecule is C=C/C=C(\C=C/CC#N)NC(C(=O)OC)c1cccc([N+](=O)[O-])c1O. The van der Waals surface area contributed by atoms with Crippen LogP contribution in [0.3, 0.4) is 0 Å². The molecule has 0 aromatic heterocycles. The molecule has 1 atom stereocenters. The smallest absolute Gasteiger partial charge is 0.333 e. The van der Waals surface area contributed by atoms with Crippen LogP contribution in [0.2, 0.25) is 0 Å². The van der Waals surface area contributed by atoms with Gasteiger partial charge >= 0.3 is 11.7 Å². The molecule has 1 rings (SSSR count). The van der Waals surface area contributed by atoms with Gasteiger partial charge in [-0.05, 0) is 12.2 Å². The fourth-order valence-corrected chi connectivity index (χ4v) is 1.99. The second-order valence-corrected chi connectivity index (χ2v) is 4.69. The number of phenolic OH excluding ortho intramolecular Hbond substituents is 1. The minimum atomic E-state index is -1.19. The summed E-state index contributed by atoms with van der Waals surface area (Å²) in [5.41, 5.74) is -0.126. The first kappa shape index (κ1) is 19.4. The molecule has 0 aliphatic heterocycles. The number of hydrogen-bond acceptors (Lipinski definition) is 7. The summed E-state index contributed by atoms with van der Waals surface area (Å²) in [6.07, 6.45) is 6.26. The summed E-state index contributed by atoms with van der Waals surface area (Å²) >= 11 is 0. The average molecular weight is 343 g/mol. The van der Waals surface area contributed by atoms with Crippen LogP contribution in [0.4, 0.5) is 5.69 Å². The summed E-state index contributed by atoms with van der Waals surface area (Å²) < 4.78 is 4.71. The van der Waals surface area contributed by atoms with Crippen LogP contribution in [0.5, 0.6) is 5.75 Å². The molecule has 25 heavy (non-hydrogen) atoms. The van der Waals surface area contributed by atoms with Crippen LogP contribution in [-0.4, -0.2) is 23.1 Å². The second-order valence-electron chi connectivity index (χ2n) is 4.69. The number of hydrogen-bond donors (Lipinski definition) is 2. The van der Waals surface area contributed by atoms with Gasteiger partial charge in [0.25, 0.3) is 0 Å². The molecule has 0 bridgehead atoms. The molecule has 8 heteroatoms. The van der Waals surface area contributed by atoms with Crippen molar-refractivity contribution in [3.05, 3.63) is 70.5 Å². The highest BCUT2D eigenvalue weighted by molar-refractivity contribution is 5.80. The maximum Gasteiger partial charge on any atom is 0.333 e. The van der Waals surface area contributed by atoms with Crippen molar-refractivity contribution in [1.82, 2.24) is 5.32 Å². The zero-order valence-corrected chi connectivity index (χ0v) is 13.5. The molecule has 0 saturated heterocycles. The number of nitro groups is 1. The summed E-state index contributed by atoms with van der Waals surface area (Å²) in [4.78, 5) is 22.3. The van der Waals surface area contributed by atoms with E-state index in [1.807, 2.05) is 6.07 Å². The van der Waals surface area contributed by atoms with Gasteiger partial charge in [0.1, 0.15) is 0 Å². The Morgan fingerprint density at radius 1 is 1.60 bits per heavy atom. The predicted molar refractivity (Wildman–Crippen MR) is 90.3 cm³/mol. The second kappa shape index (κ2) is 9.52. The van der Waals surface area contributed by atoms with Crippen molar-refractivity contribution in [2.75, 3.05) is 7.11 Å². The highest BCUT2D eigenvalue weighted by atomic mass is 16.6. The van der Waals surface area contributed by atoms with Gasteiger partial charge in [0.15, 0.2) is 11.8 Å². The zero-order valence-electron chi connectivity index (χ0n) is 13.5. The summed E-state index contributed by atoms with van der Waals surface area (Å²) in [6.45, 7) is 3.56. The van der Waals surface area contributed by atoms with Gasteiger partial charge in [0.05, 0.1) is 24.5 Å². The summed E-state index contributed by atoms with van der Waals surface area (Å²) in [5, 5.41) is 32.5. The number of nitrogens with zero attached hydrogens (tertiary/aromatic N) is 2. The van der Waals surface area contributed by atoms with Gasteiger partial charge in [-0.3, -0.25) is 10.1 Å². The maximum absolute atomic E-state index is 12.1. The lowest BCUT2D eigenvalue weighted by atomic mass is 10.0. The van der Waals surface area contributed by atoms with Crippen LogP contribution < -0.4 is 5.32 Å². The van der Waals surface area contributed by atoms with Crippen molar-refractivity contribution in [3.63, 3.8) is 0 Å². The van der Waals surface area contributed by atoms with Gasteiger partial charge in [-0.2, -0.15) is 5.26 Å². The van der Waals surface area contributed by atoms with Crippen LogP contribution in [0.25, 0.3) is 0 Å². The van der Waals surface area contributed by atoms with Crippen LogP contribution in [0.15, 0.2) is 54.8 Å². The highest BCUT2D eigenvalue weighted by Gasteiger charge is 2.28. The van der Waals surface area contributed by atoms with Crippen LogP contribution in [0.1, 0.15) is 18.0 Å². The first-order valence-electron chi connectivity index (χ1n) is 7.13. The third-order valence-corrected chi connectivity index (χ3v) is 3.11. The molecule has 1 aromatic carbocycles. The third kappa shape index (κ3) is 5.21. The van der Waals surface area contributed by atoms with Gasteiger partial charge in [-0.25, -0.2) is 4.79 Å². The first-order chi connectivity index (χ1) is 12.0. The summed E-state index contributed by atoms with van der Waals surface area (Å²) in [7, 11) is 1.16.